The van der Waals surface area contributed by atoms with Gasteiger partial charge in [-0.25, -0.2) is 8.42 Å². The van der Waals surface area contributed by atoms with Gasteiger partial charge < -0.3 is 4.57 Å². The van der Waals surface area contributed by atoms with Crippen LogP contribution in [0.5, 0.6) is 0 Å². The van der Waals surface area contributed by atoms with Gasteiger partial charge in [0.25, 0.3) is 11.6 Å². The Bertz CT molecular complexity index is 1220. The molecule has 0 spiro atoms. The first-order valence-electron chi connectivity index (χ1n) is 7.78. The van der Waals surface area contributed by atoms with Crippen LogP contribution in [-0.4, -0.2) is 29.6 Å². The summed E-state index contributed by atoms with van der Waals surface area (Å²) in [4.78, 5) is 26.8. The molecule has 27 heavy (non-hydrogen) atoms. The first-order valence-corrected chi connectivity index (χ1v) is 10.3. The lowest BCUT2D eigenvalue weighted by atomic mass is 10.2. The summed E-state index contributed by atoms with van der Waals surface area (Å²) in [7, 11) is -2.14. The molecule has 0 aliphatic heterocycles. The third-order valence-corrected chi connectivity index (χ3v) is 6.63. The summed E-state index contributed by atoms with van der Waals surface area (Å²) >= 11 is 1.08. The van der Waals surface area contributed by atoms with Crippen LogP contribution >= 0.6 is 11.3 Å². The third-order valence-electron chi connectivity index (χ3n) is 3.92. The van der Waals surface area contributed by atoms with Crippen LogP contribution in [0.1, 0.15) is 5.56 Å². The molecule has 1 aromatic heterocycles. The number of nitro benzene ring substituents is 1. The number of nitro groups is 1. The number of aryl methyl sites for hydroxylation is 2. The molecule has 3 rings (SSSR count). The highest BCUT2D eigenvalue weighted by Gasteiger charge is 2.19. The zero-order valence-electron chi connectivity index (χ0n) is 14.4. The van der Waals surface area contributed by atoms with Crippen molar-refractivity contribution in [2.75, 3.05) is 5.75 Å². The Kier molecular flexibility index (Phi) is 4.94. The van der Waals surface area contributed by atoms with Gasteiger partial charge in [-0.3, -0.25) is 14.9 Å². The second-order valence-electron chi connectivity index (χ2n) is 5.93. The number of aromatic nitrogens is 1. The zero-order valence-corrected chi connectivity index (χ0v) is 16.1. The predicted octanol–water partition coefficient (Wildman–Crippen LogP) is 2.36. The summed E-state index contributed by atoms with van der Waals surface area (Å²) < 4.78 is 26.9. The summed E-state index contributed by atoms with van der Waals surface area (Å²) in [6.07, 6.45) is 0. The van der Waals surface area contributed by atoms with Crippen LogP contribution < -0.4 is 4.80 Å². The van der Waals surface area contributed by atoms with Crippen LogP contribution in [0.15, 0.2) is 52.4 Å². The molecule has 0 atom stereocenters. The van der Waals surface area contributed by atoms with Gasteiger partial charge in [-0.15, -0.1) is 0 Å². The van der Waals surface area contributed by atoms with Crippen molar-refractivity contribution in [3.8, 4) is 0 Å². The van der Waals surface area contributed by atoms with E-state index in [1.54, 1.807) is 29.8 Å². The molecule has 1 amide bonds. The lowest BCUT2D eigenvalue weighted by Crippen LogP contribution is -2.19. The Morgan fingerprint density at radius 1 is 1.22 bits per heavy atom. The average molecular weight is 405 g/mol. The molecule has 2 aromatic carbocycles. The Morgan fingerprint density at radius 2 is 1.89 bits per heavy atom. The van der Waals surface area contributed by atoms with E-state index in [1.807, 2.05) is 6.92 Å². The highest BCUT2D eigenvalue weighted by Crippen LogP contribution is 2.22. The van der Waals surface area contributed by atoms with E-state index in [1.165, 1.54) is 24.3 Å². The largest absolute Gasteiger partial charge is 0.319 e. The quantitative estimate of drug-likeness (QED) is 0.489. The van der Waals surface area contributed by atoms with E-state index >= 15 is 0 Å². The van der Waals surface area contributed by atoms with E-state index in [2.05, 4.69) is 4.99 Å². The van der Waals surface area contributed by atoms with E-state index in [0.29, 0.717) is 10.2 Å². The Hall–Kier alpha value is -2.85. The monoisotopic (exact) mass is 405 g/mol. The fraction of sp³-hybridized carbons (Fsp3) is 0.176. The molecule has 8 nitrogen and oxygen atoms in total. The number of hydrogen-bond acceptors (Lipinski definition) is 6. The minimum absolute atomic E-state index is 0.0630. The second kappa shape index (κ2) is 7.05. The maximum atomic E-state index is 12.4. The highest BCUT2D eigenvalue weighted by molar-refractivity contribution is 7.92. The molecule has 10 heteroatoms. The Morgan fingerprint density at radius 3 is 2.52 bits per heavy atom. The minimum atomic E-state index is -3.79. The van der Waals surface area contributed by atoms with Crippen molar-refractivity contribution >= 4 is 43.0 Å². The number of thiazole rings is 1. The van der Waals surface area contributed by atoms with Gasteiger partial charge in [0.2, 0.25) is 0 Å². The summed E-state index contributed by atoms with van der Waals surface area (Å²) in [6.45, 7) is 1.84. The van der Waals surface area contributed by atoms with E-state index in [4.69, 9.17) is 0 Å². The number of fused-ring (bicyclic) bond motifs is 1. The first kappa shape index (κ1) is 18.9. The number of amides is 1. The molecule has 0 fully saturated rings. The average Bonchev–Trinajstić information content (AvgIpc) is 2.90. The molecule has 0 unspecified atom stereocenters. The summed E-state index contributed by atoms with van der Waals surface area (Å²) in [5.74, 6) is -1.54. The lowest BCUT2D eigenvalue weighted by molar-refractivity contribution is -0.384. The van der Waals surface area contributed by atoms with Gasteiger partial charge in [-0.1, -0.05) is 29.0 Å². The molecular formula is C17H15N3O5S2. The van der Waals surface area contributed by atoms with Gasteiger partial charge in [0, 0.05) is 19.2 Å². The molecule has 0 aliphatic carbocycles. The molecule has 0 saturated carbocycles. The molecular weight excluding hydrogens is 390 g/mol. The smallest absolute Gasteiger partial charge is 0.270 e. The van der Waals surface area contributed by atoms with Gasteiger partial charge in [0.15, 0.2) is 14.6 Å². The van der Waals surface area contributed by atoms with Crippen molar-refractivity contribution in [1.29, 1.82) is 0 Å². The van der Waals surface area contributed by atoms with Crippen LogP contribution in [-0.2, 0) is 21.7 Å². The van der Waals surface area contributed by atoms with Crippen molar-refractivity contribution in [3.05, 3.63) is 62.9 Å². The summed E-state index contributed by atoms with van der Waals surface area (Å²) in [5.41, 5.74) is 1.51. The molecule has 0 aliphatic rings. The van der Waals surface area contributed by atoms with E-state index in [0.717, 1.165) is 16.9 Å². The number of carbonyl (C=O) groups excluding carboxylic acids is 1. The van der Waals surface area contributed by atoms with Gasteiger partial charge in [-0.2, -0.15) is 4.99 Å². The molecule has 0 bridgehead atoms. The van der Waals surface area contributed by atoms with Crippen molar-refractivity contribution in [2.45, 2.75) is 11.8 Å². The number of nitrogens with zero attached hydrogens (tertiary/aromatic N) is 3. The predicted molar refractivity (Wildman–Crippen MR) is 101 cm³/mol. The Balaban J connectivity index is 1.94. The van der Waals surface area contributed by atoms with Crippen LogP contribution in [0.4, 0.5) is 5.69 Å². The van der Waals surface area contributed by atoms with Crippen molar-refractivity contribution in [3.63, 3.8) is 0 Å². The standard InChI is InChI=1S/C17H15N3O5S2/c1-11-3-6-13(7-4-11)27(24,25)10-16(21)18-17-19(2)14-8-5-12(20(22)23)9-15(14)26-17/h3-9H,10H2,1-2H3. The van der Waals surface area contributed by atoms with Gasteiger partial charge in [0.05, 0.1) is 20.0 Å². The van der Waals surface area contributed by atoms with E-state index < -0.39 is 26.4 Å². The number of hydrogen-bond donors (Lipinski definition) is 0. The van der Waals surface area contributed by atoms with Crippen molar-refractivity contribution in [2.24, 2.45) is 12.0 Å². The van der Waals surface area contributed by atoms with Gasteiger partial charge >= 0.3 is 0 Å². The Labute approximate surface area is 158 Å². The maximum absolute atomic E-state index is 12.4. The molecule has 0 radical (unpaired) electrons. The van der Waals surface area contributed by atoms with E-state index in [9.17, 15) is 23.3 Å². The second-order valence-corrected chi connectivity index (χ2v) is 8.93. The molecule has 1 heterocycles. The third kappa shape index (κ3) is 3.96. The first-order chi connectivity index (χ1) is 12.7. The van der Waals surface area contributed by atoms with Crippen LogP contribution in [0.2, 0.25) is 0 Å². The SMILES string of the molecule is Cc1ccc(S(=O)(=O)CC(=O)N=c2sc3cc([N+](=O)[O-])ccc3n2C)cc1. The zero-order chi connectivity index (χ0) is 19.8. The number of rotatable bonds is 4. The minimum Gasteiger partial charge on any atom is -0.319 e. The molecule has 0 N–H and O–H groups in total. The van der Waals surface area contributed by atoms with Gasteiger partial charge in [-0.05, 0) is 25.1 Å². The van der Waals surface area contributed by atoms with Gasteiger partial charge in [0.1, 0.15) is 5.75 Å². The molecule has 140 valence electrons. The van der Waals surface area contributed by atoms with Crippen LogP contribution in [0.3, 0.4) is 0 Å². The topological polar surface area (TPSA) is 112 Å². The highest BCUT2D eigenvalue weighted by atomic mass is 32.2. The summed E-state index contributed by atoms with van der Waals surface area (Å²) in [6, 6.07) is 10.6. The molecule has 3 aromatic rings. The number of carbonyl (C=O) groups is 1. The summed E-state index contributed by atoms with van der Waals surface area (Å²) in [5, 5.41) is 10.9. The lowest BCUT2D eigenvalue weighted by Gasteiger charge is -2.02. The fourth-order valence-corrected chi connectivity index (χ4v) is 4.65. The van der Waals surface area contributed by atoms with Crippen LogP contribution in [0.25, 0.3) is 10.2 Å². The number of benzene rings is 2. The number of non-ortho nitro benzene ring substituents is 1. The van der Waals surface area contributed by atoms with Crippen molar-refractivity contribution in [1.82, 2.24) is 4.57 Å². The van der Waals surface area contributed by atoms with Crippen molar-refractivity contribution < 1.29 is 18.1 Å². The van der Waals surface area contributed by atoms with Crippen LogP contribution in [0, 0.1) is 17.0 Å². The fourth-order valence-electron chi connectivity index (χ4n) is 2.47. The molecule has 0 saturated heterocycles. The maximum Gasteiger partial charge on any atom is 0.270 e. The number of sulfone groups is 1. The van der Waals surface area contributed by atoms with E-state index in [-0.39, 0.29) is 15.4 Å². The normalized spacial score (nSPS) is 12.4.